The monoisotopic (exact) mass is 500 g/mol. The summed E-state index contributed by atoms with van der Waals surface area (Å²) in [6.07, 6.45) is 1.82. The van der Waals surface area contributed by atoms with Gasteiger partial charge in [-0.05, 0) is 46.5 Å². The van der Waals surface area contributed by atoms with Gasteiger partial charge < -0.3 is 5.11 Å². The van der Waals surface area contributed by atoms with Crippen LogP contribution in [0, 0.1) is 11.8 Å². The lowest BCUT2D eigenvalue weighted by Crippen LogP contribution is -2.54. The van der Waals surface area contributed by atoms with Crippen LogP contribution in [-0.2, 0) is 15.0 Å². The van der Waals surface area contributed by atoms with Gasteiger partial charge in [0.1, 0.15) is 0 Å². The number of hydrogen-bond acceptors (Lipinski definition) is 4. The fraction of sp³-hybridized carbons (Fsp3) is 0.222. The summed E-state index contributed by atoms with van der Waals surface area (Å²) < 4.78 is 0.884. The SMILES string of the molecule is O=C1[C@@H]2C3c4ccccc4C(C=NCCO)(c4ccccc43)[C@H]2C(=O)N1c1ccc(Br)cc1. The summed E-state index contributed by atoms with van der Waals surface area (Å²) in [5.74, 6) is -1.65. The molecule has 6 heteroatoms. The Morgan fingerprint density at radius 1 is 0.909 bits per heavy atom. The number of benzene rings is 3. The molecular weight excluding hydrogens is 480 g/mol. The molecule has 1 fully saturated rings. The summed E-state index contributed by atoms with van der Waals surface area (Å²) in [5, 5.41) is 9.40. The van der Waals surface area contributed by atoms with E-state index in [1.54, 1.807) is 12.1 Å². The molecule has 3 aromatic carbocycles. The molecule has 2 bridgehead atoms. The average Bonchev–Trinajstić information content (AvgIpc) is 3.11. The molecule has 3 aliphatic carbocycles. The molecule has 0 unspecified atom stereocenters. The number of carbonyl (C=O) groups excluding carboxylic acids is 2. The molecule has 0 saturated carbocycles. The van der Waals surface area contributed by atoms with Gasteiger partial charge in [-0.2, -0.15) is 0 Å². The lowest BCUT2D eigenvalue weighted by atomic mass is 9.47. The molecule has 1 N–H and O–H groups in total. The lowest BCUT2D eigenvalue weighted by molar-refractivity contribution is -0.122. The van der Waals surface area contributed by atoms with Crippen LogP contribution in [0.25, 0.3) is 0 Å². The second-order valence-electron chi connectivity index (χ2n) is 8.77. The molecule has 7 rings (SSSR count). The molecule has 0 aromatic heterocycles. The van der Waals surface area contributed by atoms with Gasteiger partial charge in [0.15, 0.2) is 0 Å². The Hall–Kier alpha value is -3.09. The number of carbonyl (C=O) groups is 2. The summed E-state index contributed by atoms with van der Waals surface area (Å²) in [7, 11) is 0. The fourth-order valence-corrected chi connectivity index (χ4v) is 6.43. The summed E-state index contributed by atoms with van der Waals surface area (Å²) in [4.78, 5) is 33.9. The highest BCUT2D eigenvalue weighted by Gasteiger charge is 2.67. The smallest absolute Gasteiger partial charge is 0.239 e. The van der Waals surface area contributed by atoms with Crippen molar-refractivity contribution in [1.82, 2.24) is 0 Å². The number of nitrogens with zero attached hydrogens (tertiary/aromatic N) is 2. The molecule has 4 aliphatic rings. The highest BCUT2D eigenvalue weighted by atomic mass is 79.9. The number of aliphatic hydroxyl groups excluding tert-OH is 1. The summed E-state index contributed by atoms with van der Waals surface area (Å²) >= 11 is 3.43. The number of imide groups is 1. The van der Waals surface area contributed by atoms with Gasteiger partial charge in [0, 0.05) is 16.6 Å². The van der Waals surface area contributed by atoms with Crippen molar-refractivity contribution in [2.24, 2.45) is 16.8 Å². The predicted molar refractivity (Wildman–Crippen MR) is 130 cm³/mol. The van der Waals surface area contributed by atoms with Gasteiger partial charge in [-0.1, -0.05) is 64.5 Å². The molecule has 0 radical (unpaired) electrons. The van der Waals surface area contributed by atoms with E-state index in [2.05, 4.69) is 45.2 Å². The topological polar surface area (TPSA) is 70.0 Å². The van der Waals surface area contributed by atoms with E-state index in [0.717, 1.165) is 26.7 Å². The Morgan fingerprint density at radius 2 is 1.52 bits per heavy atom. The van der Waals surface area contributed by atoms with Gasteiger partial charge in [0.05, 0.1) is 36.1 Å². The number of amides is 2. The first-order valence-electron chi connectivity index (χ1n) is 11.0. The van der Waals surface area contributed by atoms with Gasteiger partial charge in [-0.25, -0.2) is 4.90 Å². The van der Waals surface area contributed by atoms with Gasteiger partial charge in [-0.15, -0.1) is 0 Å². The molecular formula is C27H21BrN2O3. The van der Waals surface area contributed by atoms with Crippen molar-refractivity contribution in [2.45, 2.75) is 11.3 Å². The third-order valence-electron chi connectivity index (χ3n) is 7.29. The largest absolute Gasteiger partial charge is 0.394 e. The lowest BCUT2D eigenvalue weighted by Gasteiger charge is -2.52. The van der Waals surface area contributed by atoms with Crippen molar-refractivity contribution in [3.63, 3.8) is 0 Å². The van der Waals surface area contributed by atoms with Gasteiger partial charge in [0.25, 0.3) is 0 Å². The van der Waals surface area contributed by atoms with Crippen LogP contribution in [0.4, 0.5) is 5.69 Å². The Bertz CT molecular complexity index is 1270. The van der Waals surface area contributed by atoms with Gasteiger partial charge in [0.2, 0.25) is 11.8 Å². The van der Waals surface area contributed by atoms with E-state index in [1.807, 2.05) is 42.6 Å². The molecule has 5 nitrogen and oxygen atoms in total. The van der Waals surface area contributed by atoms with Crippen molar-refractivity contribution in [2.75, 3.05) is 18.1 Å². The molecule has 2 atom stereocenters. The van der Waals surface area contributed by atoms with Crippen molar-refractivity contribution < 1.29 is 14.7 Å². The van der Waals surface area contributed by atoms with Crippen LogP contribution in [-0.4, -0.2) is 36.3 Å². The van der Waals surface area contributed by atoms with Crippen LogP contribution in [0.15, 0.2) is 82.3 Å². The van der Waals surface area contributed by atoms with Crippen LogP contribution in [0.1, 0.15) is 28.2 Å². The predicted octanol–water partition coefficient (Wildman–Crippen LogP) is 4.06. The normalized spacial score (nSPS) is 27.1. The third-order valence-corrected chi connectivity index (χ3v) is 7.82. The summed E-state index contributed by atoms with van der Waals surface area (Å²) in [6.45, 7) is 0.163. The highest BCUT2D eigenvalue weighted by Crippen LogP contribution is 2.63. The van der Waals surface area contributed by atoms with Crippen molar-refractivity contribution in [1.29, 1.82) is 0 Å². The maximum atomic E-state index is 14.1. The molecule has 164 valence electrons. The summed E-state index contributed by atoms with van der Waals surface area (Å²) in [5.41, 5.74) is 3.92. The van der Waals surface area contributed by atoms with Crippen molar-refractivity contribution in [3.8, 4) is 0 Å². The quantitative estimate of drug-likeness (QED) is 0.433. The van der Waals surface area contributed by atoms with E-state index in [0.29, 0.717) is 5.69 Å². The van der Waals surface area contributed by atoms with Crippen LogP contribution >= 0.6 is 15.9 Å². The van der Waals surface area contributed by atoms with E-state index in [1.165, 1.54) is 4.90 Å². The molecule has 1 saturated heterocycles. The average molecular weight is 501 g/mol. The number of aliphatic hydroxyl groups is 1. The van der Waals surface area contributed by atoms with Crippen LogP contribution in [0.3, 0.4) is 0 Å². The first-order valence-corrected chi connectivity index (χ1v) is 11.8. The standard InChI is InChI=1S/C27H21BrN2O3/c28-16-9-11-17(12-10-16)30-25(32)23-22-18-5-1-3-7-20(18)27(15-29-13-14-31,24(23)26(30)33)21-8-4-2-6-19(21)22/h1-12,15,22-24,31H,13-14H2/t22?,23-,24-,27?/m1/s1. The minimum absolute atomic E-state index is 0.0789. The first-order chi connectivity index (χ1) is 16.1. The molecule has 0 spiro atoms. The second-order valence-corrected chi connectivity index (χ2v) is 9.69. The molecule has 1 heterocycles. The minimum Gasteiger partial charge on any atom is -0.394 e. The zero-order valence-corrected chi connectivity index (χ0v) is 19.3. The minimum atomic E-state index is -0.862. The fourth-order valence-electron chi connectivity index (χ4n) is 6.16. The van der Waals surface area contributed by atoms with Crippen LogP contribution in [0.5, 0.6) is 0 Å². The zero-order valence-electron chi connectivity index (χ0n) is 17.7. The Kier molecular flexibility index (Phi) is 4.64. The molecule has 1 aliphatic heterocycles. The number of anilines is 1. The second kappa shape index (κ2) is 7.47. The Morgan fingerprint density at radius 3 is 2.12 bits per heavy atom. The highest BCUT2D eigenvalue weighted by molar-refractivity contribution is 9.10. The molecule has 3 aromatic rings. The van der Waals surface area contributed by atoms with Crippen LogP contribution in [0.2, 0.25) is 0 Å². The van der Waals surface area contributed by atoms with E-state index in [4.69, 9.17) is 0 Å². The number of aliphatic imine (C=N–C) groups is 1. The van der Waals surface area contributed by atoms with E-state index < -0.39 is 17.3 Å². The van der Waals surface area contributed by atoms with Gasteiger partial charge in [-0.3, -0.25) is 14.6 Å². The zero-order chi connectivity index (χ0) is 22.7. The Labute approximate surface area is 199 Å². The number of halogens is 1. The number of rotatable bonds is 4. The van der Waals surface area contributed by atoms with Crippen molar-refractivity contribution >= 4 is 39.6 Å². The van der Waals surface area contributed by atoms with Gasteiger partial charge >= 0.3 is 0 Å². The van der Waals surface area contributed by atoms with E-state index in [9.17, 15) is 14.7 Å². The third kappa shape index (κ3) is 2.65. The molecule has 2 amide bonds. The maximum Gasteiger partial charge on any atom is 0.239 e. The molecule has 33 heavy (non-hydrogen) atoms. The first kappa shape index (κ1) is 20.5. The van der Waals surface area contributed by atoms with Crippen LogP contribution < -0.4 is 4.90 Å². The van der Waals surface area contributed by atoms with E-state index in [-0.39, 0.29) is 30.9 Å². The van der Waals surface area contributed by atoms with E-state index >= 15 is 0 Å². The maximum absolute atomic E-state index is 14.1. The van der Waals surface area contributed by atoms with Crippen molar-refractivity contribution in [3.05, 3.63) is 99.5 Å². The Balaban J connectivity index is 1.63. The summed E-state index contributed by atoms with van der Waals surface area (Å²) in [6, 6.07) is 23.5. The number of hydrogen-bond donors (Lipinski definition) is 1.